The minimum absolute atomic E-state index is 0.0521. The van der Waals surface area contributed by atoms with Crippen LogP contribution in [0.25, 0.3) is 0 Å². The maximum absolute atomic E-state index is 14.1. The van der Waals surface area contributed by atoms with Crippen molar-refractivity contribution >= 4 is 17.5 Å². The van der Waals surface area contributed by atoms with Crippen molar-refractivity contribution in [3.63, 3.8) is 0 Å². The van der Waals surface area contributed by atoms with Gasteiger partial charge in [0.1, 0.15) is 11.4 Å². The van der Waals surface area contributed by atoms with E-state index in [1.54, 1.807) is 25.1 Å². The number of para-hydroxylation sites is 1. The van der Waals surface area contributed by atoms with E-state index in [2.05, 4.69) is 10.6 Å². The van der Waals surface area contributed by atoms with Crippen LogP contribution in [0, 0.1) is 19.7 Å². The molecule has 0 saturated carbocycles. The quantitative estimate of drug-likeness (QED) is 0.807. The predicted molar refractivity (Wildman–Crippen MR) is 98.3 cm³/mol. The Morgan fingerprint density at radius 3 is 2.23 bits per heavy atom. The number of carbonyl (C=O) groups is 2. The zero-order chi connectivity index (χ0) is 19.3. The van der Waals surface area contributed by atoms with Crippen molar-refractivity contribution in [1.82, 2.24) is 5.32 Å². The SMILES string of the molecule is COC(C)(CNC(=O)C(=O)Nc1c(C)cccc1C)c1ccccc1F. The van der Waals surface area contributed by atoms with Crippen molar-refractivity contribution in [2.45, 2.75) is 26.4 Å². The summed E-state index contributed by atoms with van der Waals surface area (Å²) >= 11 is 0. The number of amides is 2. The molecule has 2 aromatic carbocycles. The first kappa shape index (κ1) is 19.6. The number of halogens is 1. The molecule has 1 unspecified atom stereocenters. The van der Waals surface area contributed by atoms with Gasteiger partial charge in [-0.15, -0.1) is 0 Å². The highest BCUT2D eigenvalue weighted by atomic mass is 19.1. The second-order valence-corrected chi connectivity index (χ2v) is 6.32. The molecule has 5 nitrogen and oxygen atoms in total. The number of carbonyl (C=O) groups excluding carboxylic acids is 2. The molecule has 138 valence electrons. The Balaban J connectivity index is 2.07. The van der Waals surface area contributed by atoms with Crippen LogP contribution in [0.4, 0.5) is 10.1 Å². The molecule has 2 N–H and O–H groups in total. The van der Waals surface area contributed by atoms with E-state index < -0.39 is 23.2 Å². The van der Waals surface area contributed by atoms with Gasteiger partial charge in [-0.3, -0.25) is 9.59 Å². The summed E-state index contributed by atoms with van der Waals surface area (Å²) in [5.74, 6) is -2.03. The van der Waals surface area contributed by atoms with Gasteiger partial charge in [0.25, 0.3) is 0 Å². The summed E-state index contributed by atoms with van der Waals surface area (Å²) < 4.78 is 19.5. The summed E-state index contributed by atoms with van der Waals surface area (Å²) in [5.41, 5.74) is 1.53. The predicted octanol–water partition coefficient (Wildman–Crippen LogP) is 3.06. The van der Waals surface area contributed by atoms with Gasteiger partial charge in [0.2, 0.25) is 0 Å². The van der Waals surface area contributed by atoms with Crippen molar-refractivity contribution < 1.29 is 18.7 Å². The number of nitrogens with one attached hydrogen (secondary N) is 2. The van der Waals surface area contributed by atoms with Gasteiger partial charge in [-0.25, -0.2) is 4.39 Å². The number of anilines is 1. The molecule has 0 fully saturated rings. The van der Waals surface area contributed by atoms with Gasteiger partial charge in [-0.1, -0.05) is 36.4 Å². The molecule has 0 aromatic heterocycles. The van der Waals surface area contributed by atoms with Crippen molar-refractivity contribution in [3.05, 3.63) is 65.0 Å². The summed E-state index contributed by atoms with van der Waals surface area (Å²) in [4.78, 5) is 24.4. The third-order valence-electron chi connectivity index (χ3n) is 4.41. The van der Waals surface area contributed by atoms with Crippen LogP contribution in [0.5, 0.6) is 0 Å². The molecule has 0 saturated heterocycles. The Hall–Kier alpha value is -2.73. The summed E-state index contributed by atoms with van der Waals surface area (Å²) in [6.07, 6.45) is 0. The number of methoxy groups -OCH3 is 1. The first-order valence-electron chi connectivity index (χ1n) is 8.24. The number of ether oxygens (including phenoxy) is 1. The van der Waals surface area contributed by atoms with E-state index in [1.165, 1.54) is 13.2 Å². The van der Waals surface area contributed by atoms with Crippen LogP contribution in [0.2, 0.25) is 0 Å². The Morgan fingerprint density at radius 2 is 1.65 bits per heavy atom. The number of hydrogen-bond acceptors (Lipinski definition) is 3. The molecular weight excluding hydrogens is 335 g/mol. The van der Waals surface area contributed by atoms with E-state index in [4.69, 9.17) is 4.74 Å². The van der Waals surface area contributed by atoms with Gasteiger partial charge in [-0.05, 0) is 38.0 Å². The largest absolute Gasteiger partial charge is 0.372 e. The van der Waals surface area contributed by atoms with Crippen LogP contribution in [-0.2, 0) is 19.9 Å². The number of aryl methyl sites for hydroxylation is 2. The van der Waals surface area contributed by atoms with Gasteiger partial charge in [0, 0.05) is 18.4 Å². The Morgan fingerprint density at radius 1 is 1.04 bits per heavy atom. The fourth-order valence-corrected chi connectivity index (χ4v) is 2.68. The maximum atomic E-state index is 14.1. The molecule has 0 aliphatic rings. The third-order valence-corrected chi connectivity index (χ3v) is 4.41. The van der Waals surface area contributed by atoms with Gasteiger partial charge < -0.3 is 15.4 Å². The molecule has 6 heteroatoms. The zero-order valence-corrected chi connectivity index (χ0v) is 15.4. The molecule has 2 rings (SSSR count). The molecule has 2 aromatic rings. The van der Waals surface area contributed by atoms with Crippen molar-refractivity contribution in [1.29, 1.82) is 0 Å². The molecule has 0 radical (unpaired) electrons. The lowest BCUT2D eigenvalue weighted by atomic mass is 9.95. The monoisotopic (exact) mass is 358 g/mol. The van der Waals surface area contributed by atoms with E-state index in [0.717, 1.165) is 11.1 Å². The molecule has 0 aliphatic heterocycles. The Kier molecular flexibility index (Phi) is 6.10. The average molecular weight is 358 g/mol. The van der Waals surface area contributed by atoms with Crippen LogP contribution in [-0.4, -0.2) is 25.5 Å². The van der Waals surface area contributed by atoms with E-state index in [-0.39, 0.29) is 6.54 Å². The number of benzene rings is 2. The lowest BCUT2D eigenvalue weighted by molar-refractivity contribution is -0.137. The number of rotatable bonds is 5. The van der Waals surface area contributed by atoms with E-state index in [0.29, 0.717) is 11.3 Å². The Labute approximate surface area is 152 Å². The summed E-state index contributed by atoms with van der Waals surface area (Å²) in [7, 11) is 1.43. The third kappa shape index (κ3) is 4.26. The molecule has 0 bridgehead atoms. The topological polar surface area (TPSA) is 67.4 Å². The van der Waals surface area contributed by atoms with Crippen molar-refractivity contribution in [2.24, 2.45) is 0 Å². The van der Waals surface area contributed by atoms with Gasteiger partial charge in [0.15, 0.2) is 0 Å². The molecule has 0 spiro atoms. The standard InChI is InChI=1S/C20H23FN2O3/c1-13-8-7-9-14(2)17(13)23-19(25)18(24)22-12-20(3,26-4)15-10-5-6-11-16(15)21/h5-11H,12H2,1-4H3,(H,22,24)(H,23,25). The maximum Gasteiger partial charge on any atom is 0.313 e. The summed E-state index contributed by atoms with van der Waals surface area (Å²) in [5, 5.41) is 5.13. The minimum atomic E-state index is -1.10. The summed E-state index contributed by atoms with van der Waals surface area (Å²) in [6, 6.07) is 11.7. The van der Waals surface area contributed by atoms with Crippen LogP contribution >= 0.6 is 0 Å². The van der Waals surface area contributed by atoms with E-state index >= 15 is 0 Å². The molecule has 2 amide bonds. The van der Waals surface area contributed by atoms with Crippen LogP contribution < -0.4 is 10.6 Å². The van der Waals surface area contributed by atoms with Gasteiger partial charge >= 0.3 is 11.8 Å². The molecule has 26 heavy (non-hydrogen) atoms. The molecular formula is C20H23FN2O3. The second-order valence-electron chi connectivity index (χ2n) is 6.32. The smallest absolute Gasteiger partial charge is 0.313 e. The van der Waals surface area contributed by atoms with Gasteiger partial charge in [-0.2, -0.15) is 0 Å². The fraction of sp³-hybridized carbons (Fsp3) is 0.300. The highest BCUT2D eigenvalue weighted by Gasteiger charge is 2.30. The minimum Gasteiger partial charge on any atom is -0.372 e. The normalized spacial score (nSPS) is 13.0. The first-order valence-corrected chi connectivity index (χ1v) is 8.24. The fourth-order valence-electron chi connectivity index (χ4n) is 2.68. The van der Waals surface area contributed by atoms with E-state index in [9.17, 15) is 14.0 Å². The van der Waals surface area contributed by atoms with Crippen molar-refractivity contribution in [3.8, 4) is 0 Å². The highest BCUT2D eigenvalue weighted by molar-refractivity contribution is 6.39. The Bertz CT molecular complexity index is 802. The molecule has 0 heterocycles. The highest BCUT2D eigenvalue weighted by Crippen LogP contribution is 2.26. The average Bonchev–Trinajstić information content (AvgIpc) is 2.62. The van der Waals surface area contributed by atoms with Crippen LogP contribution in [0.1, 0.15) is 23.6 Å². The lowest BCUT2D eigenvalue weighted by Gasteiger charge is -2.29. The molecule has 1 atom stereocenters. The van der Waals surface area contributed by atoms with Crippen LogP contribution in [0.3, 0.4) is 0 Å². The van der Waals surface area contributed by atoms with Gasteiger partial charge in [0.05, 0.1) is 6.54 Å². The lowest BCUT2D eigenvalue weighted by Crippen LogP contribution is -2.44. The molecule has 0 aliphatic carbocycles. The summed E-state index contributed by atoms with van der Waals surface area (Å²) in [6.45, 7) is 5.29. The van der Waals surface area contributed by atoms with E-state index in [1.807, 2.05) is 32.0 Å². The van der Waals surface area contributed by atoms with Crippen molar-refractivity contribution in [2.75, 3.05) is 19.0 Å². The second kappa shape index (κ2) is 8.10. The zero-order valence-electron chi connectivity index (χ0n) is 15.4. The van der Waals surface area contributed by atoms with Crippen LogP contribution in [0.15, 0.2) is 42.5 Å². The number of hydrogen-bond donors (Lipinski definition) is 2. The first-order chi connectivity index (χ1) is 12.3.